The fourth-order valence-electron chi connectivity index (χ4n) is 2.09. The van der Waals surface area contributed by atoms with Crippen LogP contribution in [0.2, 0.25) is 28.2 Å². The van der Waals surface area contributed by atoms with Gasteiger partial charge >= 0.3 is 0 Å². The Bertz CT molecular complexity index is 498. The van der Waals surface area contributed by atoms with Gasteiger partial charge in [0.2, 0.25) is 0 Å². The molecular weight excluding hydrogens is 335 g/mol. The van der Waals surface area contributed by atoms with Crippen LogP contribution in [0.1, 0.15) is 33.3 Å². The molecule has 1 N–H and O–H groups in total. The summed E-state index contributed by atoms with van der Waals surface area (Å²) in [5, 5.41) is 11.0. The second-order valence-electron chi connectivity index (χ2n) is 7.48. The van der Waals surface area contributed by atoms with Crippen molar-refractivity contribution in [3.63, 3.8) is 0 Å². The minimum absolute atomic E-state index is 0.000320. The Morgan fingerprint density at radius 3 is 2.23 bits per heavy atom. The smallest absolute Gasteiger partial charge is 0.192 e. The summed E-state index contributed by atoms with van der Waals surface area (Å²) in [6.45, 7) is 13.3. The Balaban J connectivity index is 2.80. The van der Waals surface area contributed by atoms with Crippen molar-refractivity contribution in [2.45, 2.75) is 58.4 Å². The Hall–Kier alpha value is -0.0631. The van der Waals surface area contributed by atoms with Gasteiger partial charge in [-0.1, -0.05) is 50.0 Å². The number of aliphatic hydroxyl groups excluding tert-OH is 1. The average molecular weight is 363 g/mol. The number of hydrogen-bond acceptors (Lipinski definition) is 2. The largest absolute Gasteiger partial charge is 0.414 e. The van der Waals surface area contributed by atoms with Crippen molar-refractivity contribution >= 4 is 31.5 Å². The molecule has 1 rings (SSSR count). The van der Waals surface area contributed by atoms with E-state index in [-0.39, 0.29) is 23.7 Å². The summed E-state index contributed by atoms with van der Waals surface area (Å²) in [6, 6.07) is 5.62. The van der Waals surface area contributed by atoms with Crippen LogP contribution in [0.3, 0.4) is 0 Å². The van der Waals surface area contributed by atoms with Crippen molar-refractivity contribution in [2.24, 2.45) is 5.92 Å². The van der Waals surface area contributed by atoms with Gasteiger partial charge in [-0.25, -0.2) is 0 Å². The van der Waals surface area contributed by atoms with Crippen LogP contribution in [0, 0.1) is 5.92 Å². The van der Waals surface area contributed by atoms with Crippen LogP contribution < -0.4 is 0 Å². The Labute approximate surface area is 145 Å². The van der Waals surface area contributed by atoms with Crippen LogP contribution in [0.15, 0.2) is 18.2 Å². The van der Waals surface area contributed by atoms with Gasteiger partial charge in [-0.2, -0.15) is 0 Å². The minimum Gasteiger partial charge on any atom is -0.414 e. The molecule has 2 unspecified atom stereocenters. The van der Waals surface area contributed by atoms with Crippen molar-refractivity contribution in [3.8, 4) is 0 Å². The van der Waals surface area contributed by atoms with Gasteiger partial charge in [0.15, 0.2) is 8.32 Å². The lowest BCUT2D eigenvalue weighted by Crippen LogP contribution is -2.45. The van der Waals surface area contributed by atoms with E-state index < -0.39 is 8.32 Å². The molecule has 0 fully saturated rings. The Morgan fingerprint density at radius 1 is 1.18 bits per heavy atom. The third kappa shape index (κ3) is 5.24. The lowest BCUT2D eigenvalue weighted by molar-refractivity contribution is 0.0882. The highest BCUT2D eigenvalue weighted by molar-refractivity contribution is 6.74. The first-order chi connectivity index (χ1) is 9.98. The van der Waals surface area contributed by atoms with Gasteiger partial charge in [0.05, 0.1) is 10.0 Å². The second kappa shape index (κ2) is 7.67. The Morgan fingerprint density at radius 2 is 1.77 bits per heavy atom. The molecule has 0 amide bonds. The van der Waals surface area contributed by atoms with E-state index in [1.807, 2.05) is 12.1 Å². The second-order valence-corrected chi connectivity index (χ2v) is 13.0. The summed E-state index contributed by atoms with van der Waals surface area (Å²) >= 11 is 12.0. The number of benzene rings is 1. The van der Waals surface area contributed by atoms with Gasteiger partial charge in [0.25, 0.3) is 0 Å². The van der Waals surface area contributed by atoms with E-state index in [4.69, 9.17) is 27.6 Å². The molecule has 0 radical (unpaired) electrons. The molecule has 0 aliphatic carbocycles. The molecule has 2 nitrogen and oxygen atoms in total. The number of rotatable bonds is 6. The highest BCUT2D eigenvalue weighted by Gasteiger charge is 2.39. The third-order valence-corrected chi connectivity index (χ3v) is 9.98. The maximum atomic E-state index is 9.76. The van der Waals surface area contributed by atoms with Gasteiger partial charge in [-0.3, -0.25) is 0 Å². The van der Waals surface area contributed by atoms with E-state index in [0.29, 0.717) is 10.0 Å². The summed E-state index contributed by atoms with van der Waals surface area (Å²) in [5.74, 6) is 0.0476. The molecule has 1 aromatic rings. The fourth-order valence-corrected chi connectivity index (χ4v) is 3.88. The molecule has 0 heterocycles. The minimum atomic E-state index is -1.84. The van der Waals surface area contributed by atoms with Crippen LogP contribution in [0.4, 0.5) is 0 Å². The summed E-state index contributed by atoms with van der Waals surface area (Å²) in [5.41, 5.74) is 1.07. The molecule has 0 spiro atoms. The van der Waals surface area contributed by atoms with Gasteiger partial charge in [-0.15, -0.1) is 0 Å². The van der Waals surface area contributed by atoms with E-state index in [1.54, 1.807) is 6.07 Å². The fraction of sp³-hybridized carbons (Fsp3) is 0.647. The normalized spacial score (nSPS) is 15.7. The van der Waals surface area contributed by atoms with Crippen molar-refractivity contribution in [3.05, 3.63) is 33.8 Å². The van der Waals surface area contributed by atoms with Crippen molar-refractivity contribution in [1.29, 1.82) is 0 Å². The van der Waals surface area contributed by atoms with Gasteiger partial charge < -0.3 is 9.53 Å². The zero-order valence-electron chi connectivity index (χ0n) is 14.4. The molecule has 0 aliphatic rings. The standard InChI is InChI=1S/C17H28Cl2O2Si/c1-12(21-22(5,6)17(2,3)4)14(11-20)9-13-7-8-15(18)16(19)10-13/h7-8,10,12,14,20H,9,11H2,1-6H3. The lowest BCUT2D eigenvalue weighted by atomic mass is 9.96. The van der Waals surface area contributed by atoms with Crippen molar-refractivity contribution in [2.75, 3.05) is 6.61 Å². The Kier molecular flexibility index (Phi) is 6.97. The zero-order chi connectivity index (χ0) is 17.1. The molecule has 2 atom stereocenters. The predicted octanol–water partition coefficient (Wildman–Crippen LogP) is 5.55. The molecule has 5 heteroatoms. The van der Waals surface area contributed by atoms with Crippen LogP contribution in [-0.2, 0) is 10.8 Å². The average Bonchev–Trinajstić information content (AvgIpc) is 2.38. The summed E-state index contributed by atoms with van der Waals surface area (Å²) in [6.07, 6.45) is 0.726. The highest BCUT2D eigenvalue weighted by Crippen LogP contribution is 2.38. The summed E-state index contributed by atoms with van der Waals surface area (Å²) in [4.78, 5) is 0. The van der Waals surface area contributed by atoms with Crippen molar-refractivity contribution < 1.29 is 9.53 Å². The molecule has 0 saturated heterocycles. The topological polar surface area (TPSA) is 29.5 Å². The number of halogens is 2. The third-order valence-electron chi connectivity index (χ3n) is 4.67. The van der Waals surface area contributed by atoms with Gasteiger partial charge in [-0.05, 0) is 49.2 Å². The van der Waals surface area contributed by atoms with Gasteiger partial charge in [0.1, 0.15) is 0 Å². The highest BCUT2D eigenvalue weighted by atomic mass is 35.5. The zero-order valence-corrected chi connectivity index (χ0v) is 16.9. The molecule has 1 aromatic carbocycles. The summed E-state index contributed by atoms with van der Waals surface area (Å²) in [7, 11) is -1.84. The van der Waals surface area contributed by atoms with Crippen LogP contribution in [0.5, 0.6) is 0 Å². The number of hydrogen-bond donors (Lipinski definition) is 1. The number of aliphatic hydroxyl groups is 1. The first kappa shape index (κ1) is 20.0. The predicted molar refractivity (Wildman–Crippen MR) is 98.5 cm³/mol. The monoisotopic (exact) mass is 362 g/mol. The van der Waals surface area contributed by atoms with Crippen LogP contribution in [0.25, 0.3) is 0 Å². The SMILES string of the molecule is CC(O[Si](C)(C)C(C)(C)C)C(CO)Cc1ccc(Cl)c(Cl)c1. The van der Waals surface area contributed by atoms with E-state index >= 15 is 0 Å². The molecule has 0 saturated carbocycles. The van der Waals surface area contributed by atoms with Gasteiger partial charge in [0, 0.05) is 18.6 Å². The lowest BCUT2D eigenvalue weighted by Gasteiger charge is -2.40. The summed E-state index contributed by atoms with van der Waals surface area (Å²) < 4.78 is 6.40. The molecule has 22 heavy (non-hydrogen) atoms. The maximum absolute atomic E-state index is 9.76. The quantitative estimate of drug-likeness (QED) is 0.671. The molecule has 0 bridgehead atoms. The van der Waals surface area contributed by atoms with Crippen LogP contribution >= 0.6 is 23.2 Å². The van der Waals surface area contributed by atoms with E-state index in [9.17, 15) is 5.11 Å². The van der Waals surface area contributed by atoms with E-state index in [0.717, 1.165) is 12.0 Å². The first-order valence-corrected chi connectivity index (χ1v) is 11.4. The first-order valence-electron chi connectivity index (χ1n) is 7.70. The molecular formula is C17H28Cl2O2Si. The molecule has 0 aliphatic heterocycles. The molecule has 0 aromatic heterocycles. The van der Waals surface area contributed by atoms with E-state index in [1.165, 1.54) is 0 Å². The van der Waals surface area contributed by atoms with Crippen molar-refractivity contribution in [1.82, 2.24) is 0 Å². The van der Waals surface area contributed by atoms with E-state index in [2.05, 4.69) is 40.8 Å². The maximum Gasteiger partial charge on any atom is 0.192 e. The van der Waals surface area contributed by atoms with Crippen LogP contribution in [-0.4, -0.2) is 26.1 Å². The molecule has 126 valence electrons.